The minimum absolute atomic E-state index is 0.153. The number of carbonyl (C=O) groups excluding carboxylic acids is 2. The van der Waals surface area contributed by atoms with Gasteiger partial charge in [0.05, 0.1) is 27.6 Å². The SMILES string of the molecule is CCCOc1ccc(/C=C2\SC(=O)N(CCOc3ccccc3Cl)C2=O)cc1Br. The second-order valence-electron chi connectivity index (χ2n) is 6.15. The Kier molecular flexibility index (Phi) is 7.64. The van der Waals surface area contributed by atoms with Gasteiger partial charge < -0.3 is 9.47 Å². The second-order valence-corrected chi connectivity index (χ2v) is 8.41. The van der Waals surface area contributed by atoms with Crippen LogP contribution in [0.25, 0.3) is 6.08 Å². The van der Waals surface area contributed by atoms with E-state index in [1.165, 1.54) is 4.90 Å². The Morgan fingerprint density at radius 1 is 1.10 bits per heavy atom. The van der Waals surface area contributed by atoms with Crippen molar-refractivity contribution < 1.29 is 19.1 Å². The molecule has 0 N–H and O–H groups in total. The molecule has 0 unspecified atom stereocenters. The van der Waals surface area contributed by atoms with Gasteiger partial charge in [-0.15, -0.1) is 0 Å². The predicted molar refractivity (Wildman–Crippen MR) is 120 cm³/mol. The van der Waals surface area contributed by atoms with Gasteiger partial charge in [0.1, 0.15) is 18.1 Å². The summed E-state index contributed by atoms with van der Waals surface area (Å²) in [4.78, 5) is 26.4. The maximum atomic E-state index is 12.6. The average molecular weight is 497 g/mol. The number of hydrogen-bond donors (Lipinski definition) is 0. The van der Waals surface area contributed by atoms with Crippen molar-refractivity contribution in [3.05, 3.63) is 62.4 Å². The Morgan fingerprint density at radius 2 is 1.86 bits per heavy atom. The molecular weight excluding hydrogens is 478 g/mol. The van der Waals surface area contributed by atoms with E-state index in [4.69, 9.17) is 21.1 Å². The molecule has 1 aliphatic heterocycles. The number of hydrogen-bond acceptors (Lipinski definition) is 5. The van der Waals surface area contributed by atoms with Crippen LogP contribution in [-0.2, 0) is 4.79 Å². The summed E-state index contributed by atoms with van der Waals surface area (Å²) in [5, 5.41) is 0.171. The third kappa shape index (κ3) is 5.56. The Morgan fingerprint density at radius 3 is 2.59 bits per heavy atom. The first-order chi connectivity index (χ1) is 14.0. The summed E-state index contributed by atoms with van der Waals surface area (Å²) in [5.41, 5.74) is 0.804. The molecule has 0 aliphatic carbocycles. The van der Waals surface area contributed by atoms with Crippen molar-refractivity contribution in [2.24, 2.45) is 0 Å². The molecule has 2 aromatic rings. The molecule has 0 bridgehead atoms. The normalized spacial score (nSPS) is 15.3. The predicted octanol–water partition coefficient (Wildman–Crippen LogP) is 6.01. The number of para-hydroxylation sites is 1. The number of carbonyl (C=O) groups is 2. The molecular formula is C21H19BrClNO4S. The first kappa shape index (κ1) is 21.7. The summed E-state index contributed by atoms with van der Waals surface area (Å²) in [6.07, 6.45) is 2.62. The zero-order chi connectivity index (χ0) is 20.8. The van der Waals surface area contributed by atoms with Crippen molar-refractivity contribution in [2.45, 2.75) is 13.3 Å². The maximum absolute atomic E-state index is 12.6. The molecule has 2 amide bonds. The highest BCUT2D eigenvalue weighted by atomic mass is 79.9. The number of rotatable bonds is 8. The summed E-state index contributed by atoms with van der Waals surface area (Å²) in [6, 6.07) is 12.6. The molecule has 0 spiro atoms. The molecule has 1 aliphatic rings. The van der Waals surface area contributed by atoms with Gasteiger partial charge in [0, 0.05) is 0 Å². The second kappa shape index (κ2) is 10.2. The van der Waals surface area contributed by atoms with Crippen LogP contribution < -0.4 is 9.47 Å². The highest BCUT2D eigenvalue weighted by molar-refractivity contribution is 9.10. The molecule has 2 aromatic carbocycles. The Hall–Kier alpha value is -1.96. The standard InChI is InChI=1S/C21H19BrClNO4S/c1-2-10-27-17-8-7-14(12-15(17)22)13-19-20(25)24(21(26)29-19)9-11-28-18-6-4-3-5-16(18)23/h3-8,12-13H,2,9-11H2,1H3/b19-13-. The van der Waals surface area contributed by atoms with E-state index in [0.717, 1.165) is 34.0 Å². The first-order valence-electron chi connectivity index (χ1n) is 9.04. The topological polar surface area (TPSA) is 55.8 Å². The van der Waals surface area contributed by atoms with Gasteiger partial charge in [-0.1, -0.05) is 36.7 Å². The van der Waals surface area contributed by atoms with Crippen LogP contribution in [0, 0.1) is 0 Å². The summed E-state index contributed by atoms with van der Waals surface area (Å²) in [5.74, 6) is 0.936. The number of nitrogens with zero attached hydrogens (tertiary/aromatic N) is 1. The van der Waals surface area contributed by atoms with Gasteiger partial charge in [-0.25, -0.2) is 0 Å². The van der Waals surface area contributed by atoms with Crippen LogP contribution in [0.15, 0.2) is 51.8 Å². The van der Waals surface area contributed by atoms with Gasteiger partial charge in [-0.3, -0.25) is 14.5 Å². The minimum Gasteiger partial charge on any atom is -0.492 e. The summed E-state index contributed by atoms with van der Waals surface area (Å²) in [6.45, 7) is 3.00. The fourth-order valence-electron chi connectivity index (χ4n) is 2.59. The van der Waals surface area contributed by atoms with Crippen LogP contribution in [-0.4, -0.2) is 35.8 Å². The van der Waals surface area contributed by atoms with Crippen molar-refractivity contribution >= 4 is 56.5 Å². The van der Waals surface area contributed by atoms with E-state index in [-0.39, 0.29) is 24.3 Å². The van der Waals surface area contributed by atoms with E-state index in [1.807, 2.05) is 25.1 Å². The molecule has 0 saturated carbocycles. The molecule has 8 heteroatoms. The highest BCUT2D eigenvalue weighted by Crippen LogP contribution is 2.34. The maximum Gasteiger partial charge on any atom is 0.293 e. The van der Waals surface area contributed by atoms with Crippen molar-refractivity contribution in [1.82, 2.24) is 4.90 Å². The number of benzene rings is 2. The van der Waals surface area contributed by atoms with E-state index in [9.17, 15) is 9.59 Å². The number of halogens is 2. The summed E-state index contributed by atoms with van der Waals surface area (Å²) in [7, 11) is 0. The van der Waals surface area contributed by atoms with Gasteiger partial charge in [0.15, 0.2) is 0 Å². The monoisotopic (exact) mass is 495 g/mol. The molecule has 5 nitrogen and oxygen atoms in total. The highest BCUT2D eigenvalue weighted by Gasteiger charge is 2.34. The van der Waals surface area contributed by atoms with Gasteiger partial charge in [0.25, 0.3) is 11.1 Å². The zero-order valence-corrected chi connectivity index (χ0v) is 18.9. The zero-order valence-electron chi connectivity index (χ0n) is 15.7. The van der Waals surface area contributed by atoms with Crippen LogP contribution in [0.5, 0.6) is 11.5 Å². The Labute approximate surface area is 187 Å². The average Bonchev–Trinajstić information content (AvgIpc) is 2.96. The van der Waals surface area contributed by atoms with E-state index < -0.39 is 0 Å². The van der Waals surface area contributed by atoms with Crippen LogP contribution in [0.4, 0.5) is 4.79 Å². The van der Waals surface area contributed by atoms with Crippen molar-refractivity contribution in [1.29, 1.82) is 0 Å². The third-order valence-corrected chi connectivity index (χ3v) is 5.84. The van der Waals surface area contributed by atoms with Crippen LogP contribution >= 0.6 is 39.3 Å². The van der Waals surface area contributed by atoms with Crippen LogP contribution in [0.3, 0.4) is 0 Å². The van der Waals surface area contributed by atoms with Crippen molar-refractivity contribution in [3.63, 3.8) is 0 Å². The smallest absolute Gasteiger partial charge is 0.293 e. The number of thioether (sulfide) groups is 1. The molecule has 1 saturated heterocycles. The lowest BCUT2D eigenvalue weighted by Crippen LogP contribution is -2.32. The lowest BCUT2D eigenvalue weighted by atomic mass is 10.2. The third-order valence-electron chi connectivity index (χ3n) is 4.00. The number of imide groups is 1. The van der Waals surface area contributed by atoms with Crippen molar-refractivity contribution in [3.8, 4) is 11.5 Å². The van der Waals surface area contributed by atoms with Crippen LogP contribution in [0.1, 0.15) is 18.9 Å². The molecule has 0 atom stereocenters. The molecule has 0 radical (unpaired) electrons. The van der Waals surface area contributed by atoms with E-state index in [2.05, 4.69) is 15.9 Å². The van der Waals surface area contributed by atoms with E-state index >= 15 is 0 Å². The first-order valence-corrected chi connectivity index (χ1v) is 11.0. The van der Waals surface area contributed by atoms with Crippen LogP contribution in [0.2, 0.25) is 5.02 Å². The molecule has 1 fully saturated rings. The minimum atomic E-state index is -0.329. The van der Waals surface area contributed by atoms with E-state index in [0.29, 0.717) is 22.3 Å². The van der Waals surface area contributed by atoms with E-state index in [1.54, 1.807) is 30.3 Å². The van der Waals surface area contributed by atoms with Gasteiger partial charge >= 0.3 is 0 Å². The lowest BCUT2D eigenvalue weighted by Gasteiger charge is -2.13. The fraction of sp³-hybridized carbons (Fsp3) is 0.238. The molecule has 0 aromatic heterocycles. The summed E-state index contributed by atoms with van der Waals surface area (Å²) < 4.78 is 12.0. The summed E-state index contributed by atoms with van der Waals surface area (Å²) >= 11 is 10.4. The molecule has 3 rings (SSSR count). The quantitative estimate of drug-likeness (QED) is 0.419. The lowest BCUT2D eigenvalue weighted by molar-refractivity contribution is -0.123. The Bertz CT molecular complexity index is 950. The van der Waals surface area contributed by atoms with Gasteiger partial charge in [-0.05, 0) is 70.0 Å². The fourth-order valence-corrected chi connectivity index (χ4v) is 4.16. The molecule has 152 valence electrons. The number of amides is 2. The van der Waals surface area contributed by atoms with Crippen molar-refractivity contribution in [2.75, 3.05) is 19.8 Å². The molecule has 1 heterocycles. The van der Waals surface area contributed by atoms with Gasteiger partial charge in [-0.2, -0.15) is 0 Å². The number of ether oxygens (including phenoxy) is 2. The largest absolute Gasteiger partial charge is 0.492 e. The Balaban J connectivity index is 1.63. The molecule has 29 heavy (non-hydrogen) atoms. The van der Waals surface area contributed by atoms with Gasteiger partial charge in [0.2, 0.25) is 0 Å².